The Labute approximate surface area is 237 Å². The zero-order valence-electron chi connectivity index (χ0n) is 22.4. The van der Waals surface area contributed by atoms with Crippen LogP contribution >= 0.6 is 0 Å². The molecule has 1 amide bonds. The van der Waals surface area contributed by atoms with E-state index in [1.54, 1.807) is 13.8 Å². The second-order valence-electron chi connectivity index (χ2n) is 8.78. The van der Waals surface area contributed by atoms with Crippen molar-refractivity contribution < 1.29 is 18.1 Å². The van der Waals surface area contributed by atoms with E-state index < -0.39 is 32.5 Å². The number of nitro groups is 1. The Kier molecular flexibility index (Phi) is 9.22. The Balaban J connectivity index is 1.56. The molecule has 0 bridgehead atoms. The first-order valence-electron chi connectivity index (χ1n) is 12.8. The average molecular weight is 576 g/mol. The van der Waals surface area contributed by atoms with Crippen molar-refractivity contribution in [3.05, 3.63) is 112 Å². The van der Waals surface area contributed by atoms with Gasteiger partial charge in [-0.25, -0.2) is 18.4 Å². The summed E-state index contributed by atoms with van der Waals surface area (Å²) < 4.78 is 26.9. The van der Waals surface area contributed by atoms with Crippen molar-refractivity contribution in [2.75, 3.05) is 23.8 Å². The Morgan fingerprint density at radius 3 is 1.93 bits per heavy atom. The van der Waals surface area contributed by atoms with E-state index in [1.165, 1.54) is 28.6 Å². The highest BCUT2D eigenvalue weighted by Crippen LogP contribution is 2.32. The molecule has 0 atom stereocenters. The van der Waals surface area contributed by atoms with Crippen LogP contribution < -0.4 is 16.2 Å². The molecule has 4 rings (SSSR count). The van der Waals surface area contributed by atoms with Crippen LogP contribution in [0.5, 0.6) is 0 Å². The topological polar surface area (TPSA) is 159 Å². The van der Waals surface area contributed by atoms with Gasteiger partial charge in [0, 0.05) is 18.8 Å². The maximum Gasteiger partial charge on any atom is 0.355 e. The summed E-state index contributed by atoms with van der Waals surface area (Å²) in [5.41, 5.74) is 6.46. The molecule has 3 N–H and O–H groups in total. The predicted molar refractivity (Wildman–Crippen MR) is 155 cm³/mol. The van der Waals surface area contributed by atoms with E-state index in [1.807, 2.05) is 60.7 Å². The lowest BCUT2D eigenvalue weighted by molar-refractivity contribution is -0.383. The highest BCUT2D eigenvalue weighted by atomic mass is 32.2. The normalized spacial score (nSPS) is 11.3. The lowest BCUT2D eigenvalue weighted by Crippen LogP contribution is -2.35. The van der Waals surface area contributed by atoms with Crippen LogP contribution in [0.1, 0.15) is 30.9 Å². The zero-order valence-corrected chi connectivity index (χ0v) is 23.2. The van der Waals surface area contributed by atoms with Crippen molar-refractivity contribution in [3.8, 4) is 0 Å². The third-order valence-corrected chi connectivity index (χ3v) is 8.36. The standard InChI is InChI=1S/C28H29N7O5S/c1-3-34(4-2)41(39,40)23-17-15-22(16-18-23)31-26-25(35(37)38)27(30-19-29-26)32-33-28(36)24(20-11-7-5-8-12-20)21-13-9-6-10-14-21/h5-19,24H,3-4H2,1-2H3,(H,33,36)(H2,29,30,31,32). The van der Waals surface area contributed by atoms with Crippen molar-refractivity contribution in [1.29, 1.82) is 0 Å². The van der Waals surface area contributed by atoms with Gasteiger partial charge in [-0.1, -0.05) is 74.5 Å². The molecular formula is C28H29N7O5S. The minimum atomic E-state index is -3.66. The number of hydrogen-bond acceptors (Lipinski definition) is 9. The zero-order chi connectivity index (χ0) is 29.4. The number of anilines is 3. The lowest BCUT2D eigenvalue weighted by Gasteiger charge is -2.19. The molecular weight excluding hydrogens is 546 g/mol. The minimum absolute atomic E-state index is 0.0976. The molecule has 0 spiro atoms. The van der Waals surface area contributed by atoms with Gasteiger partial charge < -0.3 is 5.32 Å². The quantitative estimate of drug-likeness (QED) is 0.164. The molecule has 212 valence electrons. The van der Waals surface area contributed by atoms with Gasteiger partial charge >= 0.3 is 5.69 Å². The fourth-order valence-corrected chi connectivity index (χ4v) is 5.73. The number of hydrazine groups is 1. The second-order valence-corrected chi connectivity index (χ2v) is 10.7. The fourth-order valence-electron chi connectivity index (χ4n) is 4.27. The average Bonchev–Trinajstić information content (AvgIpc) is 2.98. The Morgan fingerprint density at radius 2 is 1.41 bits per heavy atom. The number of aromatic nitrogens is 2. The number of amides is 1. The summed E-state index contributed by atoms with van der Waals surface area (Å²) in [7, 11) is -3.66. The van der Waals surface area contributed by atoms with Gasteiger partial charge in [0.1, 0.15) is 6.33 Å². The first-order chi connectivity index (χ1) is 19.8. The molecule has 12 nitrogen and oxygen atoms in total. The Hall–Kier alpha value is -4.88. The first kappa shape index (κ1) is 29.1. The van der Waals surface area contributed by atoms with E-state index in [0.717, 1.165) is 17.5 Å². The number of nitrogens with zero attached hydrogens (tertiary/aromatic N) is 4. The van der Waals surface area contributed by atoms with Crippen molar-refractivity contribution >= 4 is 38.9 Å². The van der Waals surface area contributed by atoms with Gasteiger partial charge in [-0.15, -0.1) is 0 Å². The highest BCUT2D eigenvalue weighted by Gasteiger charge is 2.27. The molecule has 41 heavy (non-hydrogen) atoms. The van der Waals surface area contributed by atoms with Gasteiger partial charge in [-0.2, -0.15) is 4.31 Å². The SMILES string of the molecule is CCN(CC)S(=O)(=O)c1ccc(Nc2ncnc(NNC(=O)C(c3ccccc3)c3ccccc3)c2[N+](=O)[O-])cc1. The van der Waals surface area contributed by atoms with Gasteiger partial charge in [0.05, 0.1) is 15.7 Å². The molecule has 13 heteroatoms. The van der Waals surface area contributed by atoms with E-state index in [2.05, 4.69) is 26.1 Å². The molecule has 0 aliphatic carbocycles. The van der Waals surface area contributed by atoms with Crippen LogP contribution in [0.3, 0.4) is 0 Å². The lowest BCUT2D eigenvalue weighted by atomic mass is 9.91. The predicted octanol–water partition coefficient (Wildman–Crippen LogP) is 4.43. The first-order valence-corrected chi connectivity index (χ1v) is 14.2. The summed E-state index contributed by atoms with van der Waals surface area (Å²) in [5, 5.41) is 14.9. The van der Waals surface area contributed by atoms with Gasteiger partial charge in [0.25, 0.3) is 0 Å². The summed E-state index contributed by atoms with van der Waals surface area (Å²) in [6.45, 7) is 4.16. The van der Waals surface area contributed by atoms with Crippen LogP contribution in [0, 0.1) is 10.1 Å². The Morgan fingerprint density at radius 1 is 0.878 bits per heavy atom. The minimum Gasteiger partial charge on any atom is -0.334 e. The number of nitrogens with one attached hydrogen (secondary N) is 3. The van der Waals surface area contributed by atoms with E-state index in [-0.39, 0.29) is 16.5 Å². The molecule has 0 radical (unpaired) electrons. The molecule has 0 unspecified atom stereocenters. The largest absolute Gasteiger partial charge is 0.355 e. The summed E-state index contributed by atoms with van der Waals surface area (Å²) in [6, 6.07) is 24.1. The molecule has 0 aliphatic heterocycles. The second kappa shape index (κ2) is 13.0. The van der Waals surface area contributed by atoms with Crippen LogP contribution in [0.15, 0.2) is 96.2 Å². The molecule has 0 saturated carbocycles. The third kappa shape index (κ3) is 6.65. The number of hydrogen-bond donors (Lipinski definition) is 3. The summed E-state index contributed by atoms with van der Waals surface area (Å²) >= 11 is 0. The van der Waals surface area contributed by atoms with Gasteiger partial charge in [-0.05, 0) is 35.4 Å². The van der Waals surface area contributed by atoms with Crippen LogP contribution in [-0.2, 0) is 14.8 Å². The van der Waals surface area contributed by atoms with Gasteiger partial charge in [-0.3, -0.25) is 25.8 Å². The van der Waals surface area contributed by atoms with Gasteiger partial charge in [0.15, 0.2) is 0 Å². The molecule has 0 saturated heterocycles. The summed E-state index contributed by atoms with van der Waals surface area (Å²) in [4.78, 5) is 32.7. The van der Waals surface area contributed by atoms with Crippen molar-refractivity contribution in [2.24, 2.45) is 0 Å². The van der Waals surface area contributed by atoms with Crippen molar-refractivity contribution in [2.45, 2.75) is 24.7 Å². The molecule has 0 aliphatic rings. The number of benzene rings is 3. The van der Waals surface area contributed by atoms with E-state index >= 15 is 0 Å². The van der Waals surface area contributed by atoms with E-state index in [9.17, 15) is 23.3 Å². The molecule has 0 fully saturated rings. The molecule has 1 heterocycles. The van der Waals surface area contributed by atoms with E-state index in [0.29, 0.717) is 18.8 Å². The summed E-state index contributed by atoms with van der Waals surface area (Å²) in [6.07, 6.45) is 1.11. The van der Waals surface area contributed by atoms with Crippen molar-refractivity contribution in [3.63, 3.8) is 0 Å². The smallest absolute Gasteiger partial charge is 0.334 e. The van der Waals surface area contributed by atoms with E-state index in [4.69, 9.17) is 0 Å². The molecule has 4 aromatic rings. The fraction of sp³-hybridized carbons (Fsp3) is 0.179. The molecule has 1 aromatic heterocycles. The molecule has 3 aromatic carbocycles. The third-order valence-electron chi connectivity index (χ3n) is 6.30. The number of carbonyl (C=O) groups excluding carboxylic acids is 1. The highest BCUT2D eigenvalue weighted by molar-refractivity contribution is 7.89. The van der Waals surface area contributed by atoms with Crippen LogP contribution in [-0.4, -0.2) is 46.6 Å². The number of rotatable bonds is 12. The Bertz CT molecular complexity index is 1560. The monoisotopic (exact) mass is 575 g/mol. The van der Waals surface area contributed by atoms with Crippen LogP contribution in [0.2, 0.25) is 0 Å². The van der Waals surface area contributed by atoms with Crippen LogP contribution in [0.4, 0.5) is 23.0 Å². The summed E-state index contributed by atoms with van der Waals surface area (Å²) in [5.74, 6) is -1.52. The van der Waals surface area contributed by atoms with Crippen LogP contribution in [0.25, 0.3) is 0 Å². The maximum atomic E-state index is 13.3. The van der Waals surface area contributed by atoms with Gasteiger partial charge in [0.2, 0.25) is 27.6 Å². The maximum absolute atomic E-state index is 13.3. The number of sulfonamides is 1. The number of carbonyl (C=O) groups is 1. The van der Waals surface area contributed by atoms with Crippen molar-refractivity contribution in [1.82, 2.24) is 19.7 Å².